The fourth-order valence-electron chi connectivity index (χ4n) is 3.39. The molecule has 2 aromatic heterocycles. The first-order valence-electron chi connectivity index (χ1n) is 9.21. The van der Waals surface area contributed by atoms with Crippen molar-refractivity contribution in [2.75, 3.05) is 19.6 Å². The van der Waals surface area contributed by atoms with Crippen molar-refractivity contribution in [1.29, 1.82) is 0 Å². The van der Waals surface area contributed by atoms with Crippen molar-refractivity contribution in [3.63, 3.8) is 0 Å². The Labute approximate surface area is 182 Å². The van der Waals surface area contributed by atoms with Crippen molar-refractivity contribution < 1.29 is 9.21 Å². The Kier molecular flexibility index (Phi) is 8.64. The van der Waals surface area contributed by atoms with Crippen LogP contribution in [0.2, 0.25) is 0 Å². The smallest absolute Gasteiger partial charge is 0.223 e. The molecule has 1 aliphatic rings. The van der Waals surface area contributed by atoms with E-state index in [1.54, 1.807) is 12.4 Å². The van der Waals surface area contributed by atoms with E-state index in [1.807, 2.05) is 53.6 Å². The van der Waals surface area contributed by atoms with Gasteiger partial charge in [-0.25, -0.2) is 4.98 Å². The number of hydrogen-bond donors (Lipinski definition) is 1. The predicted molar refractivity (Wildman–Crippen MR) is 116 cm³/mol. The fraction of sp³-hybridized carbons (Fsp3) is 0.286. The lowest BCUT2D eigenvalue weighted by Crippen LogP contribution is -2.48. The lowest BCUT2D eigenvalue weighted by atomic mass is 10.0. The van der Waals surface area contributed by atoms with Crippen LogP contribution in [0.4, 0.5) is 0 Å². The van der Waals surface area contributed by atoms with Gasteiger partial charge < -0.3 is 14.6 Å². The summed E-state index contributed by atoms with van der Waals surface area (Å²) in [6, 6.07) is 13.8. The van der Waals surface area contributed by atoms with Crippen LogP contribution < -0.4 is 5.32 Å². The number of hydrogen-bond acceptors (Lipinski definition) is 5. The zero-order valence-electron chi connectivity index (χ0n) is 15.9. The molecule has 154 valence electrons. The number of piperazine rings is 1. The number of aryl methyl sites for hydroxylation is 1. The Morgan fingerprint density at radius 3 is 2.72 bits per heavy atom. The second-order valence-corrected chi connectivity index (χ2v) is 6.58. The highest BCUT2D eigenvalue weighted by molar-refractivity contribution is 5.85. The second kappa shape index (κ2) is 11.0. The predicted octanol–water partition coefficient (Wildman–Crippen LogP) is 3.69. The number of nitrogens with zero attached hydrogens (tertiary/aromatic N) is 3. The molecule has 3 heterocycles. The average Bonchev–Trinajstić information content (AvgIpc) is 3.22. The molecule has 29 heavy (non-hydrogen) atoms. The molecule has 1 saturated heterocycles. The molecule has 0 radical (unpaired) electrons. The molecule has 1 unspecified atom stereocenters. The van der Waals surface area contributed by atoms with Crippen molar-refractivity contribution >= 4 is 30.7 Å². The summed E-state index contributed by atoms with van der Waals surface area (Å²) in [5.74, 6) is 1.44. The lowest BCUT2D eigenvalue weighted by Gasteiger charge is -2.36. The van der Waals surface area contributed by atoms with Crippen LogP contribution in [0, 0.1) is 0 Å². The number of nitrogens with one attached hydrogen (secondary N) is 1. The summed E-state index contributed by atoms with van der Waals surface area (Å²) < 4.78 is 5.81. The first-order chi connectivity index (χ1) is 13.3. The van der Waals surface area contributed by atoms with Gasteiger partial charge in [0, 0.05) is 50.4 Å². The van der Waals surface area contributed by atoms with Crippen LogP contribution in [0.5, 0.6) is 0 Å². The van der Waals surface area contributed by atoms with E-state index in [1.165, 1.54) is 0 Å². The normalized spacial score (nSPS) is 15.9. The van der Waals surface area contributed by atoms with Gasteiger partial charge in [-0.2, -0.15) is 0 Å². The van der Waals surface area contributed by atoms with E-state index in [-0.39, 0.29) is 36.8 Å². The third kappa shape index (κ3) is 5.56. The van der Waals surface area contributed by atoms with Crippen LogP contribution in [0.15, 0.2) is 65.5 Å². The minimum Gasteiger partial charge on any atom is -0.441 e. The Morgan fingerprint density at radius 2 is 1.97 bits per heavy atom. The highest BCUT2D eigenvalue weighted by Crippen LogP contribution is 2.24. The van der Waals surface area contributed by atoms with Gasteiger partial charge in [-0.15, -0.1) is 24.8 Å². The monoisotopic (exact) mass is 434 g/mol. The molecule has 0 spiro atoms. The second-order valence-electron chi connectivity index (χ2n) is 6.58. The van der Waals surface area contributed by atoms with E-state index in [2.05, 4.69) is 15.3 Å². The minimum atomic E-state index is 0. The number of pyridine rings is 1. The largest absolute Gasteiger partial charge is 0.441 e. The first-order valence-corrected chi connectivity index (χ1v) is 9.21. The van der Waals surface area contributed by atoms with Crippen molar-refractivity contribution in [1.82, 2.24) is 20.2 Å². The summed E-state index contributed by atoms with van der Waals surface area (Å²) in [5.41, 5.74) is 2.04. The molecule has 1 aliphatic heterocycles. The molecular weight excluding hydrogens is 411 g/mol. The number of amides is 1. The van der Waals surface area contributed by atoms with E-state index in [4.69, 9.17) is 4.42 Å². The lowest BCUT2D eigenvalue weighted by molar-refractivity contribution is -0.134. The molecule has 1 aromatic carbocycles. The highest BCUT2D eigenvalue weighted by Gasteiger charge is 2.27. The maximum atomic E-state index is 12.8. The molecule has 0 aliphatic carbocycles. The van der Waals surface area contributed by atoms with Crippen LogP contribution in [-0.4, -0.2) is 40.4 Å². The number of aromatic nitrogens is 2. The molecule has 1 fully saturated rings. The van der Waals surface area contributed by atoms with Crippen LogP contribution in [0.3, 0.4) is 0 Å². The van der Waals surface area contributed by atoms with Gasteiger partial charge in [0.15, 0.2) is 11.7 Å². The topological polar surface area (TPSA) is 71.3 Å². The van der Waals surface area contributed by atoms with Gasteiger partial charge >= 0.3 is 0 Å². The van der Waals surface area contributed by atoms with Gasteiger partial charge in [-0.05, 0) is 11.6 Å². The molecule has 0 bridgehead atoms. The summed E-state index contributed by atoms with van der Waals surface area (Å²) in [4.78, 5) is 23.3. The Bertz CT molecular complexity index is 890. The Hall–Kier alpha value is -2.41. The minimum absolute atomic E-state index is 0. The molecule has 1 N–H and O–H groups in total. The third-order valence-electron chi connectivity index (χ3n) is 4.80. The number of benzene rings is 1. The third-order valence-corrected chi connectivity index (χ3v) is 4.80. The van der Waals surface area contributed by atoms with E-state index >= 15 is 0 Å². The molecule has 4 rings (SSSR count). The number of oxazole rings is 1. The van der Waals surface area contributed by atoms with E-state index in [0.717, 1.165) is 30.0 Å². The van der Waals surface area contributed by atoms with Crippen molar-refractivity contribution in [3.05, 3.63) is 72.5 Å². The molecule has 8 heteroatoms. The fourth-order valence-corrected chi connectivity index (χ4v) is 3.39. The molecule has 3 aromatic rings. The Morgan fingerprint density at radius 1 is 1.14 bits per heavy atom. The van der Waals surface area contributed by atoms with Gasteiger partial charge in [0.1, 0.15) is 0 Å². The zero-order chi connectivity index (χ0) is 18.5. The van der Waals surface area contributed by atoms with Gasteiger partial charge in [0.25, 0.3) is 0 Å². The van der Waals surface area contributed by atoms with Crippen LogP contribution >= 0.6 is 24.8 Å². The van der Waals surface area contributed by atoms with Gasteiger partial charge in [0.05, 0.1) is 12.2 Å². The standard InChI is InChI=1S/C21H22N4O2.2ClH/c26-21(25-12-11-23-14-18(25)17-7-4-10-22-13-17)9-8-20-24-15-19(27-20)16-5-2-1-3-6-16;;/h1-7,10,13,15,18,23H,8-9,11-12,14H2;2*1H. The molecule has 1 atom stereocenters. The average molecular weight is 435 g/mol. The number of halogens is 2. The number of carbonyl (C=O) groups is 1. The molecule has 0 saturated carbocycles. The van der Waals surface area contributed by atoms with Crippen LogP contribution in [0.25, 0.3) is 11.3 Å². The van der Waals surface area contributed by atoms with E-state index in [9.17, 15) is 4.79 Å². The first kappa shape index (κ1) is 22.9. The van der Waals surface area contributed by atoms with E-state index in [0.29, 0.717) is 25.3 Å². The van der Waals surface area contributed by atoms with Crippen LogP contribution in [-0.2, 0) is 11.2 Å². The van der Waals surface area contributed by atoms with Crippen molar-refractivity contribution in [2.45, 2.75) is 18.9 Å². The van der Waals surface area contributed by atoms with Crippen molar-refractivity contribution in [2.24, 2.45) is 0 Å². The maximum Gasteiger partial charge on any atom is 0.223 e. The zero-order valence-corrected chi connectivity index (χ0v) is 17.5. The van der Waals surface area contributed by atoms with E-state index < -0.39 is 0 Å². The highest BCUT2D eigenvalue weighted by atomic mass is 35.5. The number of rotatable bonds is 5. The quantitative estimate of drug-likeness (QED) is 0.662. The van der Waals surface area contributed by atoms with Gasteiger partial charge in [-0.1, -0.05) is 36.4 Å². The molecular formula is C21H24Cl2N4O2. The van der Waals surface area contributed by atoms with Gasteiger partial charge in [-0.3, -0.25) is 9.78 Å². The SMILES string of the molecule is Cl.Cl.O=C(CCc1ncc(-c2ccccc2)o1)N1CCNCC1c1cccnc1. The summed E-state index contributed by atoms with van der Waals surface area (Å²) in [6.45, 7) is 2.24. The molecule has 6 nitrogen and oxygen atoms in total. The van der Waals surface area contributed by atoms with Gasteiger partial charge in [0.2, 0.25) is 5.91 Å². The Balaban J connectivity index is 0.00000150. The number of carbonyl (C=O) groups excluding carboxylic acids is 1. The van der Waals surface area contributed by atoms with Crippen molar-refractivity contribution in [3.8, 4) is 11.3 Å². The van der Waals surface area contributed by atoms with Crippen LogP contribution in [0.1, 0.15) is 23.9 Å². The summed E-state index contributed by atoms with van der Waals surface area (Å²) in [6.07, 6.45) is 6.18. The summed E-state index contributed by atoms with van der Waals surface area (Å²) in [5, 5.41) is 3.36. The summed E-state index contributed by atoms with van der Waals surface area (Å²) >= 11 is 0. The summed E-state index contributed by atoms with van der Waals surface area (Å²) in [7, 11) is 0. The molecule has 1 amide bonds. The maximum absolute atomic E-state index is 12.8.